The molecule has 1 amide bonds. The first-order valence-corrected chi connectivity index (χ1v) is 8.22. The average molecular weight is 329 g/mol. The first-order chi connectivity index (χ1) is 10.5. The second kappa shape index (κ2) is 7.07. The zero-order valence-corrected chi connectivity index (χ0v) is 15.2. The van der Waals surface area contributed by atoms with Crippen LogP contribution in [0.1, 0.15) is 66.7 Å². The minimum absolute atomic E-state index is 0.524. The molecule has 6 heteroatoms. The molecule has 0 radical (unpaired) electrons. The van der Waals surface area contributed by atoms with Gasteiger partial charge in [0, 0.05) is 5.41 Å². The predicted molar refractivity (Wildman–Crippen MR) is 87.0 cm³/mol. The van der Waals surface area contributed by atoms with Gasteiger partial charge in [0.25, 0.3) is 0 Å². The smallest absolute Gasteiger partial charge is 0.408 e. The highest BCUT2D eigenvalue weighted by Gasteiger charge is 2.53. The second-order valence-electron chi connectivity index (χ2n) is 7.92. The molecule has 134 valence electrons. The van der Waals surface area contributed by atoms with Crippen LogP contribution in [0.15, 0.2) is 0 Å². The molecule has 0 saturated heterocycles. The summed E-state index contributed by atoms with van der Waals surface area (Å²) in [6.07, 6.45) is 2.45. The zero-order chi connectivity index (χ0) is 17.9. The van der Waals surface area contributed by atoms with Crippen LogP contribution < -0.4 is 5.32 Å². The van der Waals surface area contributed by atoms with Gasteiger partial charge < -0.3 is 19.9 Å². The van der Waals surface area contributed by atoms with E-state index >= 15 is 0 Å². The van der Waals surface area contributed by atoms with E-state index in [1.165, 1.54) is 7.11 Å². The van der Waals surface area contributed by atoms with Crippen molar-refractivity contribution in [3.05, 3.63) is 0 Å². The van der Waals surface area contributed by atoms with Crippen LogP contribution in [-0.2, 0) is 14.3 Å². The fourth-order valence-electron chi connectivity index (χ4n) is 3.25. The van der Waals surface area contributed by atoms with Crippen molar-refractivity contribution in [2.24, 2.45) is 5.41 Å². The molecule has 0 spiro atoms. The highest BCUT2D eigenvalue weighted by molar-refractivity contribution is 5.76. The molecule has 0 aromatic heterocycles. The number of rotatable bonds is 4. The van der Waals surface area contributed by atoms with Gasteiger partial charge in [-0.3, -0.25) is 0 Å². The molecule has 1 aliphatic carbocycles. The van der Waals surface area contributed by atoms with E-state index in [4.69, 9.17) is 4.74 Å². The molecule has 0 bridgehead atoms. The van der Waals surface area contributed by atoms with Crippen molar-refractivity contribution in [3.63, 3.8) is 0 Å². The van der Waals surface area contributed by atoms with Crippen LogP contribution in [0, 0.1) is 5.41 Å². The number of carbonyl (C=O) groups excluding carboxylic acids is 2. The van der Waals surface area contributed by atoms with Crippen LogP contribution in [0.4, 0.5) is 4.79 Å². The number of alkyl carbamates (subject to hydrolysis) is 1. The summed E-state index contributed by atoms with van der Waals surface area (Å²) < 4.78 is 10.1. The number of methoxy groups -OCH3 is 1. The van der Waals surface area contributed by atoms with Crippen LogP contribution in [0.2, 0.25) is 0 Å². The number of amides is 1. The number of carbonyl (C=O) groups is 2. The summed E-state index contributed by atoms with van der Waals surface area (Å²) in [6.45, 7) is 8.98. The van der Waals surface area contributed by atoms with Gasteiger partial charge in [-0.2, -0.15) is 0 Å². The van der Waals surface area contributed by atoms with Gasteiger partial charge in [0.15, 0.2) is 6.10 Å². The highest BCUT2D eigenvalue weighted by Crippen LogP contribution is 2.45. The molecular weight excluding hydrogens is 298 g/mol. The lowest BCUT2D eigenvalue weighted by Gasteiger charge is -2.50. The quantitative estimate of drug-likeness (QED) is 0.775. The Morgan fingerprint density at radius 3 is 2.04 bits per heavy atom. The lowest BCUT2D eigenvalue weighted by Crippen LogP contribution is -2.64. The van der Waals surface area contributed by atoms with Crippen molar-refractivity contribution in [3.8, 4) is 0 Å². The SMILES string of the molecule is COC(=O)C(O)C(C)(C)C1(NC(=O)OC(C)(C)C)CCCCC1. The topological polar surface area (TPSA) is 84.9 Å². The number of nitrogens with one attached hydrogen (secondary N) is 1. The Kier molecular flexibility index (Phi) is 6.07. The summed E-state index contributed by atoms with van der Waals surface area (Å²) in [5.74, 6) is -0.689. The van der Waals surface area contributed by atoms with E-state index in [0.29, 0.717) is 12.8 Å². The maximum atomic E-state index is 12.3. The minimum Gasteiger partial charge on any atom is -0.467 e. The Morgan fingerprint density at radius 2 is 1.61 bits per heavy atom. The fraction of sp³-hybridized carbons (Fsp3) is 0.882. The van der Waals surface area contributed by atoms with Crippen LogP contribution in [0.5, 0.6) is 0 Å². The van der Waals surface area contributed by atoms with Gasteiger partial charge in [-0.1, -0.05) is 33.1 Å². The van der Waals surface area contributed by atoms with Crippen LogP contribution in [0.25, 0.3) is 0 Å². The molecule has 1 aliphatic rings. The van der Waals surface area contributed by atoms with Crippen LogP contribution in [0.3, 0.4) is 0 Å². The summed E-state index contributed by atoms with van der Waals surface area (Å²) in [6, 6.07) is 0. The number of hydrogen-bond acceptors (Lipinski definition) is 5. The molecule has 1 atom stereocenters. The lowest BCUT2D eigenvalue weighted by atomic mass is 9.62. The number of aliphatic hydroxyl groups is 1. The third-order valence-corrected chi connectivity index (χ3v) is 4.79. The van der Waals surface area contributed by atoms with Crippen molar-refractivity contribution in [2.75, 3.05) is 7.11 Å². The Hall–Kier alpha value is -1.30. The normalized spacial score (nSPS) is 19.6. The van der Waals surface area contributed by atoms with Crippen LogP contribution >= 0.6 is 0 Å². The summed E-state index contributed by atoms with van der Waals surface area (Å²) in [4.78, 5) is 24.2. The summed E-state index contributed by atoms with van der Waals surface area (Å²) in [7, 11) is 1.25. The van der Waals surface area contributed by atoms with Crippen LogP contribution in [-0.4, -0.2) is 41.5 Å². The predicted octanol–water partition coefficient (Wildman–Crippen LogP) is 2.77. The third kappa shape index (κ3) is 4.59. The largest absolute Gasteiger partial charge is 0.467 e. The van der Waals surface area contributed by atoms with E-state index in [1.54, 1.807) is 34.6 Å². The monoisotopic (exact) mass is 329 g/mol. The molecule has 1 saturated carbocycles. The number of esters is 1. The third-order valence-electron chi connectivity index (χ3n) is 4.79. The van der Waals surface area contributed by atoms with Gasteiger partial charge in [-0.15, -0.1) is 0 Å². The molecule has 23 heavy (non-hydrogen) atoms. The second-order valence-corrected chi connectivity index (χ2v) is 7.92. The highest BCUT2D eigenvalue weighted by atomic mass is 16.6. The Morgan fingerprint density at radius 1 is 1.09 bits per heavy atom. The van der Waals surface area contributed by atoms with E-state index < -0.39 is 34.7 Å². The molecule has 0 aromatic carbocycles. The van der Waals surface area contributed by atoms with E-state index in [2.05, 4.69) is 10.1 Å². The molecular formula is C17H31NO5. The zero-order valence-electron chi connectivity index (χ0n) is 15.2. The van der Waals surface area contributed by atoms with E-state index in [-0.39, 0.29) is 0 Å². The van der Waals surface area contributed by atoms with Crippen molar-refractivity contribution in [2.45, 2.75) is 84.0 Å². The summed E-state index contributed by atoms with van der Waals surface area (Å²) >= 11 is 0. The molecule has 0 aliphatic heterocycles. The molecule has 0 heterocycles. The van der Waals surface area contributed by atoms with Gasteiger partial charge in [-0.05, 0) is 33.6 Å². The number of ether oxygens (including phenoxy) is 2. The fourth-order valence-corrected chi connectivity index (χ4v) is 3.25. The molecule has 1 unspecified atom stereocenters. The van der Waals surface area contributed by atoms with E-state index in [1.807, 2.05) is 0 Å². The van der Waals surface area contributed by atoms with Gasteiger partial charge >= 0.3 is 12.1 Å². The summed E-state index contributed by atoms with van der Waals surface area (Å²) in [5.41, 5.74) is -2.19. The van der Waals surface area contributed by atoms with Gasteiger partial charge in [0.1, 0.15) is 5.60 Å². The molecule has 2 N–H and O–H groups in total. The maximum absolute atomic E-state index is 12.3. The van der Waals surface area contributed by atoms with Crippen molar-refractivity contribution >= 4 is 12.1 Å². The lowest BCUT2D eigenvalue weighted by molar-refractivity contribution is -0.162. The van der Waals surface area contributed by atoms with Crippen molar-refractivity contribution in [1.82, 2.24) is 5.32 Å². The van der Waals surface area contributed by atoms with E-state index in [0.717, 1.165) is 19.3 Å². The molecule has 6 nitrogen and oxygen atoms in total. The van der Waals surface area contributed by atoms with Crippen molar-refractivity contribution < 1.29 is 24.2 Å². The molecule has 1 fully saturated rings. The van der Waals surface area contributed by atoms with Gasteiger partial charge in [0.2, 0.25) is 0 Å². The summed E-state index contributed by atoms with van der Waals surface area (Å²) in [5, 5.41) is 13.4. The number of hydrogen-bond donors (Lipinski definition) is 2. The first-order valence-electron chi connectivity index (χ1n) is 8.22. The molecule has 1 rings (SSSR count). The van der Waals surface area contributed by atoms with Gasteiger partial charge in [-0.25, -0.2) is 9.59 Å². The number of aliphatic hydroxyl groups excluding tert-OH is 1. The average Bonchev–Trinajstić information content (AvgIpc) is 2.44. The Labute approximate surface area is 138 Å². The molecule has 0 aromatic rings. The minimum atomic E-state index is -1.32. The van der Waals surface area contributed by atoms with Gasteiger partial charge in [0.05, 0.1) is 12.6 Å². The Balaban J connectivity index is 3.06. The first kappa shape index (κ1) is 19.7. The Bertz CT molecular complexity index is 433. The maximum Gasteiger partial charge on any atom is 0.408 e. The standard InChI is InChI=1S/C17H31NO5/c1-15(2,3)23-14(21)18-17(10-8-7-9-11-17)16(4,5)12(19)13(20)22-6/h12,19H,7-11H2,1-6H3,(H,18,21). The van der Waals surface area contributed by atoms with E-state index in [9.17, 15) is 14.7 Å². The van der Waals surface area contributed by atoms with Crippen molar-refractivity contribution in [1.29, 1.82) is 0 Å².